The first-order chi connectivity index (χ1) is 22.5. The van der Waals surface area contributed by atoms with Crippen molar-refractivity contribution in [2.24, 2.45) is 12.5 Å². The minimum absolute atomic E-state index is 0.00745. The van der Waals surface area contributed by atoms with E-state index in [9.17, 15) is 19.5 Å². The lowest BCUT2D eigenvalue weighted by Crippen LogP contribution is -2.41. The lowest BCUT2D eigenvalue weighted by Gasteiger charge is -2.31. The fraction of sp³-hybridized carbons (Fsp3) is 0.361. The van der Waals surface area contributed by atoms with Gasteiger partial charge in [-0.1, -0.05) is 26.5 Å². The molecule has 0 aromatic carbocycles. The number of allylic oxidation sites excluding steroid dienone is 1. The van der Waals surface area contributed by atoms with Gasteiger partial charge < -0.3 is 24.5 Å². The number of nitrogens with one attached hydrogen (secondary N) is 1. The number of aliphatic hydroxyl groups is 1. The summed E-state index contributed by atoms with van der Waals surface area (Å²) in [5.74, 6) is 1.47. The molecule has 1 aliphatic heterocycles. The second-order valence-corrected chi connectivity index (χ2v) is 13.2. The molecule has 11 nitrogen and oxygen atoms in total. The molecule has 5 heterocycles. The van der Waals surface area contributed by atoms with Crippen molar-refractivity contribution < 1.29 is 14.7 Å². The van der Waals surface area contributed by atoms with Crippen molar-refractivity contribution in [1.29, 1.82) is 0 Å². The van der Waals surface area contributed by atoms with Crippen molar-refractivity contribution in [2.75, 3.05) is 35.3 Å². The van der Waals surface area contributed by atoms with Crippen LogP contribution in [-0.2, 0) is 37.8 Å². The molecular weight excluding hydrogens is 594 g/mol. The Bertz CT molecular complexity index is 1940. The number of amides is 1. The van der Waals surface area contributed by atoms with Crippen LogP contribution in [0.5, 0.6) is 0 Å². The minimum Gasteiger partial charge on any atom is -0.392 e. The van der Waals surface area contributed by atoms with E-state index in [1.807, 2.05) is 30.1 Å². The summed E-state index contributed by atoms with van der Waals surface area (Å²) in [4.78, 5) is 51.5. The number of nitrogens with zero attached hydrogens (tertiary/aromatic N) is 6. The number of anilines is 4. The lowest BCUT2D eigenvalue weighted by atomic mass is 9.90. The van der Waals surface area contributed by atoms with Gasteiger partial charge in [-0.3, -0.25) is 19.3 Å². The third-order valence-corrected chi connectivity index (χ3v) is 9.10. The van der Waals surface area contributed by atoms with E-state index in [1.54, 1.807) is 42.5 Å². The Morgan fingerprint density at radius 2 is 1.98 bits per heavy atom. The monoisotopic (exact) mass is 635 g/mol. The Hall–Kier alpha value is -5.03. The van der Waals surface area contributed by atoms with Gasteiger partial charge in [0.15, 0.2) is 5.78 Å². The predicted molar refractivity (Wildman–Crippen MR) is 183 cm³/mol. The SMILES string of the molecule is C=CC(=O)CCCN(C)c1cccc(Nc2cc(-c3ccnc(N4CCn5c(cc6c5CC(C)(C)C6)C4=O)c3CO)cn(C)c2=O)n1. The molecule has 11 heteroatoms. The number of ketones is 1. The topological polar surface area (TPSA) is 126 Å². The molecular formula is C36H41N7O4. The molecule has 0 unspecified atom stereocenters. The first-order valence-corrected chi connectivity index (χ1v) is 15.9. The van der Waals surface area contributed by atoms with Crippen LogP contribution < -0.4 is 20.7 Å². The molecule has 4 aromatic rings. The van der Waals surface area contributed by atoms with Gasteiger partial charge in [-0.25, -0.2) is 9.97 Å². The maximum Gasteiger partial charge on any atom is 0.276 e. The van der Waals surface area contributed by atoms with Gasteiger partial charge in [-0.2, -0.15) is 0 Å². The number of carbonyl (C=O) groups excluding carboxylic acids is 2. The third-order valence-electron chi connectivity index (χ3n) is 9.10. The van der Waals surface area contributed by atoms with Gasteiger partial charge in [0.05, 0.1) is 6.61 Å². The van der Waals surface area contributed by atoms with Gasteiger partial charge in [0.25, 0.3) is 11.5 Å². The minimum atomic E-state index is -0.339. The molecule has 6 rings (SSSR count). The van der Waals surface area contributed by atoms with Crippen LogP contribution in [0.1, 0.15) is 54.0 Å². The lowest BCUT2D eigenvalue weighted by molar-refractivity contribution is -0.114. The van der Waals surface area contributed by atoms with E-state index in [2.05, 4.69) is 40.3 Å². The van der Waals surface area contributed by atoms with E-state index >= 15 is 0 Å². The van der Waals surface area contributed by atoms with Gasteiger partial charge in [-0.15, -0.1) is 0 Å². The average molecular weight is 636 g/mol. The van der Waals surface area contributed by atoms with Gasteiger partial charge in [-0.05, 0) is 72.2 Å². The Morgan fingerprint density at radius 3 is 2.74 bits per heavy atom. The number of rotatable bonds is 11. The summed E-state index contributed by atoms with van der Waals surface area (Å²) in [6.07, 6.45) is 7.66. The van der Waals surface area contributed by atoms with Gasteiger partial charge in [0.2, 0.25) is 0 Å². The molecule has 244 valence electrons. The maximum absolute atomic E-state index is 13.8. The van der Waals surface area contributed by atoms with Gasteiger partial charge in [0.1, 0.15) is 28.8 Å². The third kappa shape index (κ3) is 6.23. The molecule has 0 bridgehead atoms. The number of aromatic nitrogens is 4. The molecule has 47 heavy (non-hydrogen) atoms. The second kappa shape index (κ2) is 12.6. The number of fused-ring (bicyclic) bond motifs is 3. The fourth-order valence-electron chi connectivity index (χ4n) is 6.75. The summed E-state index contributed by atoms with van der Waals surface area (Å²) in [7, 11) is 3.57. The van der Waals surface area contributed by atoms with Crippen LogP contribution in [-0.4, -0.2) is 56.0 Å². The highest BCUT2D eigenvalue weighted by Gasteiger charge is 2.37. The quantitative estimate of drug-likeness (QED) is 0.229. The maximum atomic E-state index is 13.8. The van der Waals surface area contributed by atoms with Crippen molar-refractivity contribution >= 4 is 34.8 Å². The summed E-state index contributed by atoms with van der Waals surface area (Å²) < 4.78 is 3.63. The molecule has 1 amide bonds. The van der Waals surface area contributed by atoms with Crippen LogP contribution in [0.25, 0.3) is 11.1 Å². The van der Waals surface area contributed by atoms with E-state index in [1.165, 1.54) is 21.9 Å². The van der Waals surface area contributed by atoms with Gasteiger partial charge in [0, 0.05) is 69.4 Å². The van der Waals surface area contributed by atoms with Crippen molar-refractivity contribution in [1.82, 2.24) is 19.1 Å². The van der Waals surface area contributed by atoms with Crippen LogP contribution in [0.3, 0.4) is 0 Å². The molecule has 0 spiro atoms. The Kier molecular flexibility index (Phi) is 8.59. The number of aryl methyl sites for hydroxylation is 1. The van der Waals surface area contributed by atoms with Crippen molar-refractivity contribution in [2.45, 2.75) is 52.7 Å². The molecule has 0 radical (unpaired) electrons. The van der Waals surface area contributed by atoms with Crippen molar-refractivity contribution in [3.8, 4) is 11.1 Å². The summed E-state index contributed by atoms with van der Waals surface area (Å²) >= 11 is 0. The Balaban J connectivity index is 1.27. The van der Waals surface area contributed by atoms with E-state index in [-0.39, 0.29) is 29.3 Å². The fourth-order valence-corrected chi connectivity index (χ4v) is 6.75. The van der Waals surface area contributed by atoms with Crippen LogP contribution in [0.4, 0.5) is 23.1 Å². The molecule has 2 N–H and O–H groups in total. The zero-order valence-corrected chi connectivity index (χ0v) is 27.4. The van der Waals surface area contributed by atoms with Crippen molar-refractivity contribution in [3.05, 3.63) is 94.3 Å². The highest BCUT2D eigenvalue weighted by molar-refractivity contribution is 6.06. The number of pyridine rings is 3. The molecule has 0 saturated heterocycles. The standard InChI is InChI=1S/C36H41N7O4/c1-6-25(45)9-8-14-40(4)32-11-7-10-31(39-32)38-28-17-24(21-41(5)34(28)46)26-12-13-37-33(27(26)22-44)43-16-15-42-29(35(43)47)18-23-19-36(2,3)20-30(23)42/h6-7,10-13,17-18,21,44H,1,8-9,14-16,19-20,22H2,2-5H3,(H,38,39). The molecule has 1 aliphatic carbocycles. The first kappa shape index (κ1) is 31.9. The zero-order chi connectivity index (χ0) is 33.5. The van der Waals surface area contributed by atoms with Crippen LogP contribution in [0.15, 0.2) is 66.2 Å². The Labute approximate surface area is 274 Å². The van der Waals surface area contributed by atoms with E-state index in [0.29, 0.717) is 78.0 Å². The summed E-state index contributed by atoms with van der Waals surface area (Å²) in [6, 6.07) is 11.0. The zero-order valence-electron chi connectivity index (χ0n) is 27.4. The second-order valence-electron chi connectivity index (χ2n) is 13.2. The molecule has 0 atom stereocenters. The van der Waals surface area contributed by atoms with E-state index in [0.717, 1.165) is 12.8 Å². The average Bonchev–Trinajstić information content (AvgIpc) is 3.55. The summed E-state index contributed by atoms with van der Waals surface area (Å²) in [5.41, 5.74) is 5.25. The highest BCUT2D eigenvalue weighted by atomic mass is 16.3. The van der Waals surface area contributed by atoms with E-state index in [4.69, 9.17) is 0 Å². The number of carbonyl (C=O) groups is 2. The van der Waals surface area contributed by atoms with Crippen molar-refractivity contribution in [3.63, 3.8) is 0 Å². The number of hydrogen-bond donors (Lipinski definition) is 2. The molecule has 4 aromatic heterocycles. The predicted octanol–water partition coefficient (Wildman–Crippen LogP) is 4.64. The number of aliphatic hydroxyl groups excluding tert-OH is 1. The largest absolute Gasteiger partial charge is 0.392 e. The number of hydrogen-bond acceptors (Lipinski definition) is 8. The molecule has 0 saturated carbocycles. The molecule has 2 aliphatic rings. The summed E-state index contributed by atoms with van der Waals surface area (Å²) in [5, 5.41) is 13.8. The van der Waals surface area contributed by atoms with Gasteiger partial charge >= 0.3 is 0 Å². The Morgan fingerprint density at radius 1 is 1.17 bits per heavy atom. The van der Waals surface area contributed by atoms with Crippen LogP contribution >= 0.6 is 0 Å². The highest BCUT2D eigenvalue weighted by Crippen LogP contribution is 2.40. The van der Waals surface area contributed by atoms with E-state index < -0.39 is 0 Å². The van der Waals surface area contributed by atoms with Crippen LogP contribution in [0.2, 0.25) is 0 Å². The van der Waals surface area contributed by atoms with Crippen LogP contribution in [0, 0.1) is 5.41 Å². The smallest absolute Gasteiger partial charge is 0.276 e. The summed E-state index contributed by atoms with van der Waals surface area (Å²) in [6.45, 7) is 9.42. The first-order valence-electron chi connectivity index (χ1n) is 15.9. The normalized spacial score (nSPS) is 14.9. The molecule has 0 fully saturated rings.